The van der Waals surface area contributed by atoms with Gasteiger partial charge in [0, 0.05) is 24.7 Å². The summed E-state index contributed by atoms with van der Waals surface area (Å²) in [5.74, 6) is -1.34. The van der Waals surface area contributed by atoms with Crippen LogP contribution in [0.3, 0.4) is 0 Å². The maximum atomic E-state index is 14.1. The molecule has 0 heterocycles. The van der Waals surface area contributed by atoms with Gasteiger partial charge in [0.15, 0.2) is 12.4 Å². The number of Topliss-reactive ketones (excluding diaryl/α,β-unsaturated/α-hetero) is 1. The Labute approximate surface area is 197 Å². The van der Waals surface area contributed by atoms with Crippen LogP contribution < -0.4 is 14.4 Å². The average Bonchev–Trinajstić information content (AvgIpc) is 3.13. The summed E-state index contributed by atoms with van der Waals surface area (Å²) in [7, 11) is -2.40. The summed E-state index contributed by atoms with van der Waals surface area (Å²) in [4.78, 5) is 24.7. The number of nitrogens with zero attached hydrogens (tertiary/aromatic N) is 1. The first kappa shape index (κ1) is 23.4. The predicted molar refractivity (Wildman–Crippen MR) is 126 cm³/mol. The highest BCUT2D eigenvalue weighted by molar-refractivity contribution is 7.92. The van der Waals surface area contributed by atoms with E-state index in [9.17, 15) is 22.4 Å². The number of nitrogens with one attached hydrogen (secondary N) is 1. The highest BCUT2D eigenvalue weighted by Gasteiger charge is 2.32. The van der Waals surface area contributed by atoms with E-state index in [1.165, 1.54) is 37.4 Å². The molecular weight excluding hydrogens is 459 g/mol. The number of fused-ring (bicyclic) bond motifs is 1. The summed E-state index contributed by atoms with van der Waals surface area (Å²) in [5.41, 5.74) is 1.26. The number of hydrogen-bond acceptors (Lipinski definition) is 5. The zero-order valence-corrected chi connectivity index (χ0v) is 19.4. The fourth-order valence-corrected chi connectivity index (χ4v) is 5.20. The lowest BCUT2D eigenvalue weighted by Crippen LogP contribution is -2.26. The lowest BCUT2D eigenvalue weighted by molar-refractivity contribution is -0.118. The van der Waals surface area contributed by atoms with Gasteiger partial charge in [0.05, 0.1) is 16.1 Å². The van der Waals surface area contributed by atoms with Crippen molar-refractivity contribution < 1.29 is 27.1 Å². The van der Waals surface area contributed by atoms with Crippen LogP contribution in [0, 0.1) is 5.82 Å². The molecule has 7 nitrogen and oxygen atoms in total. The molecule has 4 rings (SSSR count). The fraction of sp³-hybridized carbons (Fsp3) is 0.200. The monoisotopic (exact) mass is 482 g/mol. The lowest BCUT2D eigenvalue weighted by Gasteiger charge is -2.20. The van der Waals surface area contributed by atoms with Crippen LogP contribution in [0.15, 0.2) is 71.6 Å². The highest BCUT2D eigenvalue weighted by Crippen LogP contribution is 2.39. The van der Waals surface area contributed by atoms with Crippen molar-refractivity contribution in [2.45, 2.75) is 24.2 Å². The summed E-state index contributed by atoms with van der Waals surface area (Å²) < 4.78 is 46.8. The Morgan fingerprint density at radius 2 is 1.85 bits per heavy atom. The summed E-state index contributed by atoms with van der Waals surface area (Å²) in [6.07, 6.45) is 0.192. The minimum Gasteiger partial charge on any atom is -0.483 e. The van der Waals surface area contributed by atoms with Crippen molar-refractivity contribution in [2.24, 2.45) is 0 Å². The third-order valence-electron chi connectivity index (χ3n) is 5.67. The van der Waals surface area contributed by atoms with Crippen molar-refractivity contribution in [1.82, 2.24) is 0 Å². The first-order valence-electron chi connectivity index (χ1n) is 10.6. The van der Waals surface area contributed by atoms with Crippen LogP contribution in [0.2, 0.25) is 0 Å². The molecule has 0 aliphatic heterocycles. The van der Waals surface area contributed by atoms with Gasteiger partial charge < -0.3 is 10.1 Å². The van der Waals surface area contributed by atoms with E-state index in [0.29, 0.717) is 11.3 Å². The van der Waals surface area contributed by atoms with E-state index in [4.69, 9.17) is 4.74 Å². The molecule has 0 aromatic heterocycles. The largest absolute Gasteiger partial charge is 0.483 e. The Morgan fingerprint density at radius 1 is 1.12 bits per heavy atom. The number of benzene rings is 3. The summed E-state index contributed by atoms with van der Waals surface area (Å²) >= 11 is 0. The number of ketones is 1. The normalized spacial score (nSPS) is 15.0. The van der Waals surface area contributed by atoms with E-state index >= 15 is 0 Å². The van der Waals surface area contributed by atoms with E-state index in [-0.39, 0.29) is 40.0 Å². The first-order chi connectivity index (χ1) is 16.2. The molecule has 1 aliphatic carbocycles. The molecule has 3 aromatic rings. The quantitative estimate of drug-likeness (QED) is 0.540. The number of carbonyl (C=O) groups is 2. The molecule has 0 saturated heterocycles. The second-order valence-electron chi connectivity index (χ2n) is 8.04. The minimum atomic E-state index is -3.85. The third kappa shape index (κ3) is 4.51. The number of carbonyl (C=O) groups excluding carboxylic acids is 2. The van der Waals surface area contributed by atoms with Gasteiger partial charge in [0.1, 0.15) is 11.6 Å². The maximum Gasteiger partial charge on any atom is 0.264 e. The molecule has 1 N–H and O–H groups in total. The Kier molecular flexibility index (Phi) is 6.39. The number of anilines is 2. The van der Waals surface area contributed by atoms with Crippen LogP contribution in [-0.4, -0.2) is 33.8 Å². The van der Waals surface area contributed by atoms with E-state index < -0.39 is 28.4 Å². The molecule has 176 valence electrons. The molecule has 0 spiro atoms. The number of halogens is 1. The second-order valence-corrected chi connectivity index (χ2v) is 10.0. The molecule has 0 radical (unpaired) electrons. The maximum absolute atomic E-state index is 14.1. The van der Waals surface area contributed by atoms with Crippen molar-refractivity contribution in [3.8, 4) is 5.75 Å². The van der Waals surface area contributed by atoms with Gasteiger partial charge in [-0.25, -0.2) is 12.8 Å². The number of rotatable bonds is 7. The SMILES string of the molecule is CC1CC(=O)c2c(OCC(=O)Nc3cccc(S(=O)(=O)N(C)c4ccccc4)c3)ccc(F)c21. The Balaban J connectivity index is 1.46. The van der Waals surface area contributed by atoms with Crippen LogP contribution in [0.4, 0.5) is 15.8 Å². The van der Waals surface area contributed by atoms with Crippen molar-refractivity contribution in [1.29, 1.82) is 0 Å². The lowest BCUT2D eigenvalue weighted by atomic mass is 10.0. The van der Waals surface area contributed by atoms with Crippen LogP contribution in [-0.2, 0) is 14.8 Å². The average molecular weight is 483 g/mol. The third-order valence-corrected chi connectivity index (χ3v) is 7.45. The molecule has 9 heteroatoms. The van der Waals surface area contributed by atoms with Gasteiger partial charge in [-0.1, -0.05) is 31.2 Å². The van der Waals surface area contributed by atoms with E-state index in [1.54, 1.807) is 43.3 Å². The molecule has 1 aliphatic rings. The van der Waals surface area contributed by atoms with E-state index in [0.717, 1.165) is 4.31 Å². The Morgan fingerprint density at radius 3 is 2.59 bits per heavy atom. The summed E-state index contributed by atoms with van der Waals surface area (Å²) in [6.45, 7) is 1.33. The summed E-state index contributed by atoms with van der Waals surface area (Å²) in [6, 6.07) is 17.1. The highest BCUT2D eigenvalue weighted by atomic mass is 32.2. The van der Waals surface area contributed by atoms with Crippen molar-refractivity contribution >= 4 is 33.1 Å². The standard InChI is InChI=1S/C25H23FN2O5S/c1-16-13-21(29)25-22(12-11-20(26)24(16)25)33-15-23(30)27-17-7-6-10-19(14-17)34(31,32)28(2)18-8-4-3-5-9-18/h3-12,14,16H,13,15H2,1-2H3,(H,27,30). The molecule has 3 aromatic carbocycles. The van der Waals surface area contributed by atoms with Gasteiger partial charge in [-0.3, -0.25) is 13.9 Å². The van der Waals surface area contributed by atoms with Crippen LogP contribution in [0.25, 0.3) is 0 Å². The smallest absolute Gasteiger partial charge is 0.264 e. The Hall–Kier alpha value is -3.72. The molecule has 34 heavy (non-hydrogen) atoms. The fourth-order valence-electron chi connectivity index (χ4n) is 3.96. The first-order valence-corrected chi connectivity index (χ1v) is 12.0. The van der Waals surface area contributed by atoms with Gasteiger partial charge in [-0.05, 0) is 48.4 Å². The number of sulfonamides is 1. The molecule has 1 unspecified atom stereocenters. The van der Waals surface area contributed by atoms with E-state index in [2.05, 4.69) is 5.32 Å². The van der Waals surface area contributed by atoms with Crippen LogP contribution in [0.1, 0.15) is 35.2 Å². The second kappa shape index (κ2) is 9.26. The predicted octanol–water partition coefficient (Wildman–Crippen LogP) is 4.36. The number of para-hydroxylation sites is 1. The molecule has 0 fully saturated rings. The van der Waals surface area contributed by atoms with Crippen molar-refractivity contribution in [2.75, 3.05) is 23.3 Å². The minimum absolute atomic E-state index is 0.00788. The zero-order valence-electron chi connectivity index (χ0n) is 18.6. The van der Waals surface area contributed by atoms with Gasteiger partial charge in [0.2, 0.25) is 0 Å². The molecule has 1 amide bonds. The molecule has 1 atom stereocenters. The van der Waals surface area contributed by atoms with Gasteiger partial charge >= 0.3 is 0 Å². The number of amides is 1. The van der Waals surface area contributed by atoms with E-state index in [1.807, 2.05) is 0 Å². The van der Waals surface area contributed by atoms with Crippen LogP contribution in [0.5, 0.6) is 5.75 Å². The molecule has 0 bridgehead atoms. The van der Waals surface area contributed by atoms with Crippen molar-refractivity contribution in [3.05, 3.63) is 83.7 Å². The van der Waals surface area contributed by atoms with Crippen LogP contribution >= 0.6 is 0 Å². The van der Waals surface area contributed by atoms with Gasteiger partial charge in [0.25, 0.3) is 15.9 Å². The van der Waals surface area contributed by atoms with Crippen molar-refractivity contribution in [3.63, 3.8) is 0 Å². The molecular formula is C25H23FN2O5S. The number of hydrogen-bond donors (Lipinski definition) is 1. The molecule has 0 saturated carbocycles. The topological polar surface area (TPSA) is 92.8 Å². The van der Waals surface area contributed by atoms with Gasteiger partial charge in [-0.2, -0.15) is 0 Å². The van der Waals surface area contributed by atoms with Gasteiger partial charge in [-0.15, -0.1) is 0 Å². The zero-order chi connectivity index (χ0) is 24.5. The summed E-state index contributed by atoms with van der Waals surface area (Å²) in [5, 5.41) is 2.60. The Bertz CT molecular complexity index is 1360. The number of ether oxygens (including phenoxy) is 1.